The number of ether oxygens (including phenoxy) is 5. The normalized spacial score (nSPS) is 20.5. The lowest BCUT2D eigenvalue weighted by molar-refractivity contribution is -0.149. The number of anilines is 1. The molecule has 1 aliphatic rings. The summed E-state index contributed by atoms with van der Waals surface area (Å²) in [5.41, 5.74) is 2.15. The predicted octanol–water partition coefficient (Wildman–Crippen LogP) is 3.65. The Morgan fingerprint density at radius 2 is 1.89 bits per heavy atom. The van der Waals surface area contributed by atoms with E-state index in [2.05, 4.69) is 20.3 Å². The Kier molecular flexibility index (Phi) is 7.25. The van der Waals surface area contributed by atoms with Gasteiger partial charge in [0.15, 0.2) is 28.5 Å². The van der Waals surface area contributed by atoms with Crippen LogP contribution in [0.15, 0.2) is 24.8 Å². The van der Waals surface area contributed by atoms with E-state index >= 15 is 0 Å². The van der Waals surface area contributed by atoms with Crippen molar-refractivity contribution in [3.05, 3.63) is 30.4 Å². The molecule has 11 nitrogen and oxygen atoms in total. The third kappa shape index (κ3) is 4.81. The fraction of sp³-hybridized carbons (Fsp3) is 0.500. The highest BCUT2D eigenvalue weighted by Gasteiger charge is 2.38. The van der Waals surface area contributed by atoms with Crippen LogP contribution in [0.2, 0.25) is 0 Å². The number of nitrogens with one attached hydrogen (secondary N) is 1. The second-order valence-corrected chi connectivity index (χ2v) is 8.29. The minimum atomic E-state index is -0.343. The number of nitrogens with zero attached hydrogens (tertiary/aromatic N) is 4. The van der Waals surface area contributed by atoms with Crippen molar-refractivity contribution in [2.24, 2.45) is 0 Å². The number of aromatic nitrogens is 4. The van der Waals surface area contributed by atoms with Gasteiger partial charge < -0.3 is 29.0 Å². The van der Waals surface area contributed by atoms with Crippen molar-refractivity contribution in [3.8, 4) is 17.2 Å². The number of carbonyl (C=O) groups is 1. The van der Waals surface area contributed by atoms with Gasteiger partial charge in [0, 0.05) is 13.3 Å². The molecule has 35 heavy (non-hydrogen) atoms. The molecular formula is C24H31N5O6. The van der Waals surface area contributed by atoms with E-state index in [9.17, 15) is 4.79 Å². The molecule has 1 fully saturated rings. The highest BCUT2D eigenvalue weighted by atomic mass is 16.6. The van der Waals surface area contributed by atoms with Crippen molar-refractivity contribution in [3.63, 3.8) is 0 Å². The number of imidazole rings is 1. The number of hydrogen-bond acceptors (Lipinski definition) is 10. The number of benzene rings is 1. The van der Waals surface area contributed by atoms with Gasteiger partial charge in [0.05, 0.1) is 39.8 Å². The van der Waals surface area contributed by atoms with Crippen LogP contribution in [0.3, 0.4) is 0 Å². The molecule has 4 rings (SSSR count). The Bertz CT molecular complexity index is 1170. The van der Waals surface area contributed by atoms with Crippen molar-refractivity contribution < 1.29 is 28.5 Å². The van der Waals surface area contributed by atoms with Gasteiger partial charge in [0.1, 0.15) is 18.7 Å². The molecule has 188 valence electrons. The van der Waals surface area contributed by atoms with Crippen LogP contribution in [0.5, 0.6) is 17.2 Å². The molecule has 1 unspecified atom stereocenters. The Morgan fingerprint density at radius 1 is 1.17 bits per heavy atom. The number of esters is 1. The molecule has 2 aromatic heterocycles. The maximum Gasteiger partial charge on any atom is 0.302 e. The lowest BCUT2D eigenvalue weighted by Gasteiger charge is -2.19. The quantitative estimate of drug-likeness (QED) is 0.450. The Morgan fingerprint density at radius 3 is 2.49 bits per heavy atom. The Balaban J connectivity index is 1.60. The van der Waals surface area contributed by atoms with E-state index in [1.807, 2.05) is 30.5 Å². The third-order valence-corrected chi connectivity index (χ3v) is 6.11. The van der Waals surface area contributed by atoms with E-state index in [1.54, 1.807) is 27.7 Å². The Hall–Kier alpha value is -3.60. The monoisotopic (exact) mass is 485 g/mol. The van der Waals surface area contributed by atoms with Crippen molar-refractivity contribution >= 4 is 23.0 Å². The highest BCUT2D eigenvalue weighted by Crippen LogP contribution is 2.40. The lowest BCUT2D eigenvalue weighted by Crippen LogP contribution is -2.25. The van der Waals surface area contributed by atoms with Crippen molar-refractivity contribution in [1.29, 1.82) is 0 Å². The minimum absolute atomic E-state index is 0.160. The topological polar surface area (TPSA) is 119 Å². The first kappa shape index (κ1) is 24.5. The molecular weight excluding hydrogens is 454 g/mol. The van der Waals surface area contributed by atoms with Gasteiger partial charge in [-0.3, -0.25) is 9.36 Å². The first-order valence-corrected chi connectivity index (χ1v) is 11.5. The van der Waals surface area contributed by atoms with E-state index in [0.29, 0.717) is 40.7 Å². The number of rotatable bonds is 9. The van der Waals surface area contributed by atoms with Crippen LogP contribution >= 0.6 is 0 Å². The Labute approximate surface area is 203 Å². The van der Waals surface area contributed by atoms with Crippen LogP contribution in [-0.4, -0.2) is 59.0 Å². The number of hydrogen-bond donors (Lipinski definition) is 1. The van der Waals surface area contributed by atoms with Gasteiger partial charge in [0.2, 0.25) is 5.75 Å². The van der Waals surface area contributed by atoms with Crippen molar-refractivity contribution in [2.75, 3.05) is 26.6 Å². The van der Waals surface area contributed by atoms with Crippen LogP contribution in [0, 0.1) is 0 Å². The third-order valence-electron chi connectivity index (χ3n) is 6.11. The first-order chi connectivity index (χ1) is 16.9. The fourth-order valence-electron chi connectivity index (χ4n) is 4.38. The van der Waals surface area contributed by atoms with Gasteiger partial charge in [0.25, 0.3) is 0 Å². The zero-order valence-electron chi connectivity index (χ0n) is 20.8. The van der Waals surface area contributed by atoms with Gasteiger partial charge in [-0.1, -0.05) is 6.92 Å². The maximum absolute atomic E-state index is 11.5. The van der Waals surface area contributed by atoms with Crippen LogP contribution < -0.4 is 19.5 Å². The minimum Gasteiger partial charge on any atom is -0.493 e. The standard InChI is InChI=1S/C24H31N5O6/c1-7-16-17(34-14(3)30)10-20(35-16)29-12-27-21-23(25-11-26-24(21)29)28-13(2)15-8-18(31-4)22(33-6)19(9-15)32-5/h8-9,11-13,16-17,20H,7,10H2,1-6H3,(H,25,26,28)/t13?,16-,17-,20-/m1/s1. The molecule has 0 bridgehead atoms. The zero-order valence-corrected chi connectivity index (χ0v) is 20.8. The second-order valence-electron chi connectivity index (χ2n) is 8.29. The summed E-state index contributed by atoms with van der Waals surface area (Å²) >= 11 is 0. The second kappa shape index (κ2) is 10.3. The molecule has 0 saturated carbocycles. The molecule has 1 aromatic carbocycles. The van der Waals surface area contributed by atoms with Crippen LogP contribution in [-0.2, 0) is 14.3 Å². The van der Waals surface area contributed by atoms with Gasteiger partial charge in [-0.2, -0.15) is 0 Å². The van der Waals surface area contributed by atoms with Crippen molar-refractivity contribution in [2.45, 2.75) is 58.1 Å². The summed E-state index contributed by atoms with van der Waals surface area (Å²) in [6, 6.07) is 3.62. The molecule has 1 aliphatic heterocycles. The van der Waals surface area contributed by atoms with Gasteiger partial charge >= 0.3 is 5.97 Å². The van der Waals surface area contributed by atoms with E-state index in [0.717, 1.165) is 12.0 Å². The lowest BCUT2D eigenvalue weighted by atomic mass is 10.1. The molecule has 0 amide bonds. The summed E-state index contributed by atoms with van der Waals surface area (Å²) in [4.78, 5) is 24.9. The van der Waals surface area contributed by atoms with Crippen LogP contribution in [0.25, 0.3) is 11.2 Å². The first-order valence-electron chi connectivity index (χ1n) is 11.5. The molecule has 1 saturated heterocycles. The largest absolute Gasteiger partial charge is 0.493 e. The smallest absolute Gasteiger partial charge is 0.302 e. The van der Waals surface area contributed by atoms with E-state index in [1.165, 1.54) is 13.3 Å². The van der Waals surface area contributed by atoms with Crippen LogP contribution in [0.1, 0.15) is 51.4 Å². The molecule has 3 aromatic rings. The van der Waals surface area contributed by atoms with E-state index < -0.39 is 0 Å². The zero-order chi connectivity index (χ0) is 25.1. The molecule has 4 atom stereocenters. The molecule has 0 aliphatic carbocycles. The van der Waals surface area contributed by atoms with Gasteiger partial charge in [-0.05, 0) is 31.0 Å². The predicted molar refractivity (Wildman–Crippen MR) is 128 cm³/mol. The molecule has 0 spiro atoms. The summed E-state index contributed by atoms with van der Waals surface area (Å²) in [6.45, 7) is 5.42. The SMILES string of the molecule is CC[C@H]1O[C@@H](n2cnc3c(NC(C)c4cc(OC)c(OC)c(OC)c4)ncnc32)C[C@H]1OC(C)=O. The number of carbonyl (C=O) groups excluding carboxylic acids is 1. The fourth-order valence-corrected chi connectivity index (χ4v) is 4.38. The highest BCUT2D eigenvalue weighted by molar-refractivity contribution is 5.83. The summed E-state index contributed by atoms with van der Waals surface area (Å²) in [7, 11) is 4.74. The number of methoxy groups -OCH3 is 3. The molecule has 0 radical (unpaired) electrons. The number of fused-ring (bicyclic) bond motifs is 1. The summed E-state index contributed by atoms with van der Waals surface area (Å²) < 4.78 is 29.9. The molecule has 3 heterocycles. The average molecular weight is 486 g/mol. The van der Waals surface area contributed by atoms with E-state index in [4.69, 9.17) is 23.7 Å². The summed E-state index contributed by atoms with van der Waals surface area (Å²) in [5.74, 6) is 1.93. The molecule has 11 heteroatoms. The van der Waals surface area contributed by atoms with Crippen LogP contribution in [0.4, 0.5) is 5.82 Å². The van der Waals surface area contributed by atoms with Gasteiger partial charge in [-0.15, -0.1) is 0 Å². The average Bonchev–Trinajstić information content (AvgIpc) is 3.46. The van der Waals surface area contributed by atoms with Crippen molar-refractivity contribution in [1.82, 2.24) is 19.5 Å². The molecule has 1 N–H and O–H groups in total. The summed E-state index contributed by atoms with van der Waals surface area (Å²) in [5, 5.41) is 3.41. The van der Waals surface area contributed by atoms with E-state index in [-0.39, 0.29) is 30.4 Å². The summed E-state index contributed by atoms with van der Waals surface area (Å²) in [6.07, 6.45) is 3.60. The van der Waals surface area contributed by atoms with Gasteiger partial charge in [-0.25, -0.2) is 15.0 Å². The maximum atomic E-state index is 11.5.